The Morgan fingerprint density at radius 3 is 2.43 bits per heavy atom. The van der Waals surface area contributed by atoms with Crippen LogP contribution in [0.2, 0.25) is 0 Å². The number of benzene rings is 2. The summed E-state index contributed by atoms with van der Waals surface area (Å²) in [6, 6.07) is 12.0. The molecule has 2 aromatic carbocycles. The second-order valence-corrected chi connectivity index (χ2v) is 9.08. The second-order valence-electron chi connectivity index (χ2n) is 9.08. The van der Waals surface area contributed by atoms with Crippen molar-refractivity contribution >= 4 is 11.4 Å². The van der Waals surface area contributed by atoms with Gasteiger partial charge in [-0.2, -0.15) is 13.2 Å². The van der Waals surface area contributed by atoms with E-state index in [0.717, 1.165) is 42.9 Å². The van der Waals surface area contributed by atoms with Gasteiger partial charge in [0.25, 0.3) is 0 Å². The van der Waals surface area contributed by atoms with E-state index in [-0.39, 0.29) is 23.1 Å². The third-order valence-corrected chi connectivity index (χ3v) is 5.92. The standard InChI is InChI=1S/C30H37F4N3/c1-7-9-10-14-29(37(6)17-8-2)24-15-16-26(31)28(20-24)35-23(5)27(19-22(4)30(32,33)34)36-25-13-11-12-21(3)18-25/h8,11-13,15-20,29,35-36H,4-5,7,9-10,14H2,1-3,6H3/b17-8-,27-19-. The number of unbranched alkanes of at least 4 members (excludes halogenated alkanes) is 2. The molecular weight excluding hydrogens is 478 g/mol. The van der Waals surface area contributed by atoms with Crippen LogP contribution in [0.1, 0.15) is 56.7 Å². The van der Waals surface area contributed by atoms with Gasteiger partial charge in [-0.3, -0.25) is 0 Å². The summed E-state index contributed by atoms with van der Waals surface area (Å²) < 4.78 is 54.7. The zero-order valence-electron chi connectivity index (χ0n) is 22.1. The predicted octanol–water partition coefficient (Wildman–Crippen LogP) is 9.26. The van der Waals surface area contributed by atoms with Crippen molar-refractivity contribution in [3.05, 3.63) is 108 Å². The molecule has 1 atom stereocenters. The van der Waals surface area contributed by atoms with Crippen molar-refractivity contribution in [3.8, 4) is 0 Å². The van der Waals surface area contributed by atoms with E-state index in [1.807, 2.05) is 39.2 Å². The molecule has 2 aromatic rings. The average molecular weight is 516 g/mol. The average Bonchev–Trinajstić information content (AvgIpc) is 2.82. The topological polar surface area (TPSA) is 27.3 Å². The lowest BCUT2D eigenvalue weighted by atomic mass is 9.98. The number of halogens is 4. The molecule has 0 aliphatic carbocycles. The summed E-state index contributed by atoms with van der Waals surface area (Å²) >= 11 is 0. The van der Waals surface area contributed by atoms with Crippen LogP contribution in [0.4, 0.5) is 28.9 Å². The van der Waals surface area contributed by atoms with Crippen molar-refractivity contribution in [3.63, 3.8) is 0 Å². The van der Waals surface area contributed by atoms with E-state index in [1.165, 1.54) is 6.07 Å². The Morgan fingerprint density at radius 2 is 1.81 bits per heavy atom. The zero-order valence-corrected chi connectivity index (χ0v) is 22.1. The zero-order chi connectivity index (χ0) is 27.6. The molecule has 0 saturated heterocycles. The number of alkyl halides is 3. The van der Waals surface area contributed by atoms with Crippen LogP contribution in [0.3, 0.4) is 0 Å². The van der Waals surface area contributed by atoms with Gasteiger partial charge in [-0.25, -0.2) is 4.39 Å². The first-order chi connectivity index (χ1) is 17.5. The van der Waals surface area contributed by atoms with Gasteiger partial charge in [0, 0.05) is 12.7 Å². The fourth-order valence-electron chi connectivity index (χ4n) is 3.94. The highest BCUT2D eigenvalue weighted by atomic mass is 19.4. The van der Waals surface area contributed by atoms with Crippen molar-refractivity contribution in [2.45, 2.75) is 58.7 Å². The summed E-state index contributed by atoms with van der Waals surface area (Å²) in [5.41, 5.74) is 1.58. The van der Waals surface area contributed by atoms with Crippen molar-refractivity contribution in [2.24, 2.45) is 0 Å². The molecule has 2 N–H and O–H groups in total. The summed E-state index contributed by atoms with van der Waals surface area (Å²) in [6.45, 7) is 13.0. The maximum atomic E-state index is 14.9. The Balaban J connectivity index is 2.40. The van der Waals surface area contributed by atoms with Crippen LogP contribution in [0.25, 0.3) is 0 Å². The minimum absolute atomic E-state index is 0.0163. The summed E-state index contributed by atoms with van der Waals surface area (Å²) in [5.74, 6) is -0.532. The lowest BCUT2D eigenvalue weighted by molar-refractivity contribution is -0.0878. The molecule has 0 aliphatic heterocycles. The number of allylic oxidation sites excluding steroid dienone is 3. The van der Waals surface area contributed by atoms with Gasteiger partial charge in [-0.1, -0.05) is 63.6 Å². The molecule has 0 radical (unpaired) electrons. The van der Waals surface area contributed by atoms with E-state index in [2.05, 4.69) is 35.6 Å². The number of nitrogens with zero attached hydrogens (tertiary/aromatic N) is 1. The fraction of sp³-hybridized carbons (Fsp3) is 0.333. The SMILES string of the molecule is C=C(Nc1cc(C(CCCCC)N(C)/C=C\C)ccc1F)/C(=C/C(=C)C(F)(F)F)Nc1cccc(C)c1. The maximum absolute atomic E-state index is 14.9. The number of nitrogens with one attached hydrogen (secondary N) is 2. The van der Waals surface area contributed by atoms with E-state index in [9.17, 15) is 17.6 Å². The van der Waals surface area contributed by atoms with Gasteiger partial charge in [0.15, 0.2) is 0 Å². The van der Waals surface area contributed by atoms with Gasteiger partial charge in [0.2, 0.25) is 0 Å². The molecule has 1 unspecified atom stereocenters. The van der Waals surface area contributed by atoms with Crippen molar-refractivity contribution in [2.75, 3.05) is 17.7 Å². The van der Waals surface area contributed by atoms with Gasteiger partial charge in [0.05, 0.1) is 28.7 Å². The van der Waals surface area contributed by atoms with E-state index in [0.29, 0.717) is 5.69 Å². The normalized spacial score (nSPS) is 12.9. The van der Waals surface area contributed by atoms with Crippen molar-refractivity contribution < 1.29 is 17.6 Å². The predicted molar refractivity (Wildman–Crippen MR) is 147 cm³/mol. The lowest BCUT2D eigenvalue weighted by Crippen LogP contribution is -2.19. The number of hydrogen-bond donors (Lipinski definition) is 2. The van der Waals surface area contributed by atoms with Gasteiger partial charge in [-0.15, -0.1) is 0 Å². The number of rotatable bonds is 13. The van der Waals surface area contributed by atoms with Gasteiger partial charge >= 0.3 is 6.18 Å². The molecule has 2 rings (SSSR count). The third-order valence-electron chi connectivity index (χ3n) is 5.92. The largest absolute Gasteiger partial charge is 0.415 e. The highest BCUT2D eigenvalue weighted by Gasteiger charge is 2.31. The summed E-state index contributed by atoms with van der Waals surface area (Å²) in [4.78, 5) is 2.08. The first-order valence-electron chi connectivity index (χ1n) is 12.4. The first-order valence-corrected chi connectivity index (χ1v) is 12.4. The smallest absolute Gasteiger partial charge is 0.374 e. The summed E-state index contributed by atoms with van der Waals surface area (Å²) in [7, 11) is 1.97. The molecule has 7 heteroatoms. The Bertz CT molecular complexity index is 1130. The molecule has 0 aliphatic rings. The van der Waals surface area contributed by atoms with Gasteiger partial charge < -0.3 is 15.5 Å². The molecule has 200 valence electrons. The third kappa shape index (κ3) is 9.16. The molecule has 0 spiro atoms. The number of aryl methyl sites for hydroxylation is 1. The molecule has 37 heavy (non-hydrogen) atoms. The molecule has 0 aromatic heterocycles. The van der Waals surface area contributed by atoms with Crippen LogP contribution in [-0.4, -0.2) is 18.1 Å². The molecule has 0 heterocycles. The van der Waals surface area contributed by atoms with E-state index in [4.69, 9.17) is 0 Å². The van der Waals surface area contributed by atoms with Crippen LogP contribution < -0.4 is 10.6 Å². The summed E-state index contributed by atoms with van der Waals surface area (Å²) in [5, 5.41) is 5.86. The lowest BCUT2D eigenvalue weighted by Gasteiger charge is -2.28. The minimum Gasteiger partial charge on any atom is -0.374 e. The number of hydrogen-bond acceptors (Lipinski definition) is 3. The Hall–Kier alpha value is -3.48. The molecule has 0 bridgehead atoms. The van der Waals surface area contributed by atoms with E-state index in [1.54, 1.807) is 30.3 Å². The van der Waals surface area contributed by atoms with E-state index < -0.39 is 17.6 Å². The van der Waals surface area contributed by atoms with Crippen LogP contribution in [0, 0.1) is 12.7 Å². The van der Waals surface area contributed by atoms with Crippen LogP contribution in [-0.2, 0) is 0 Å². The monoisotopic (exact) mass is 515 g/mol. The van der Waals surface area contributed by atoms with Gasteiger partial charge in [0.1, 0.15) is 5.82 Å². The van der Waals surface area contributed by atoms with E-state index >= 15 is 0 Å². The number of anilines is 2. The fourth-order valence-corrected chi connectivity index (χ4v) is 3.94. The highest BCUT2D eigenvalue weighted by molar-refractivity contribution is 5.61. The Kier molecular flexibility index (Phi) is 11.0. The van der Waals surface area contributed by atoms with Crippen molar-refractivity contribution in [1.82, 2.24) is 4.90 Å². The van der Waals surface area contributed by atoms with Crippen LogP contribution in [0.5, 0.6) is 0 Å². The molecule has 0 amide bonds. The van der Waals surface area contributed by atoms with Crippen LogP contribution in [0.15, 0.2) is 90.9 Å². The minimum atomic E-state index is -4.62. The quantitative estimate of drug-likeness (QED) is 0.158. The summed E-state index contributed by atoms with van der Waals surface area (Å²) in [6.07, 6.45) is 4.24. The Morgan fingerprint density at radius 1 is 1.08 bits per heavy atom. The first kappa shape index (κ1) is 29.7. The Labute approximate surface area is 218 Å². The molecule has 3 nitrogen and oxygen atoms in total. The van der Waals surface area contributed by atoms with Gasteiger partial charge in [-0.05, 0) is 67.9 Å². The molecular formula is C30H37F4N3. The molecule has 0 fully saturated rings. The highest BCUT2D eigenvalue weighted by Crippen LogP contribution is 2.31. The molecule has 0 saturated carbocycles. The van der Waals surface area contributed by atoms with Crippen LogP contribution >= 0.6 is 0 Å². The maximum Gasteiger partial charge on any atom is 0.415 e. The van der Waals surface area contributed by atoms with Crippen molar-refractivity contribution in [1.29, 1.82) is 0 Å². The second kappa shape index (κ2) is 13.7.